The van der Waals surface area contributed by atoms with Gasteiger partial charge in [-0.3, -0.25) is 15.4 Å². The number of nitrogens with one attached hydrogen (secondary N) is 1. The first-order chi connectivity index (χ1) is 17.6. The lowest BCUT2D eigenvalue weighted by molar-refractivity contribution is -0.0430. The number of hydrogen-bond acceptors (Lipinski definition) is 10. The molecule has 6 rings (SSSR count). The van der Waals surface area contributed by atoms with Gasteiger partial charge in [0, 0.05) is 25.0 Å². The molecule has 0 amide bonds. The van der Waals surface area contributed by atoms with E-state index in [9.17, 15) is 10.2 Å². The Bertz CT molecular complexity index is 1450. The maximum atomic E-state index is 10.3. The molecular formula is C25H24N8O3. The number of allylic oxidation sites excluding steroid dienone is 1. The molecule has 4 aromatic heterocycles. The number of pyridine rings is 2. The summed E-state index contributed by atoms with van der Waals surface area (Å²) < 4.78 is 7.78. The summed E-state index contributed by atoms with van der Waals surface area (Å²) in [7, 11) is 0. The number of aromatic nitrogens is 5. The van der Waals surface area contributed by atoms with Crippen LogP contribution in [0.4, 0.5) is 5.82 Å². The summed E-state index contributed by atoms with van der Waals surface area (Å²) >= 11 is 0. The molecule has 182 valence electrons. The van der Waals surface area contributed by atoms with Crippen LogP contribution in [0.25, 0.3) is 16.7 Å². The van der Waals surface area contributed by atoms with Crippen LogP contribution < -0.4 is 11.2 Å². The quantitative estimate of drug-likeness (QED) is 0.330. The predicted octanol–water partition coefficient (Wildman–Crippen LogP) is 1.58. The topological polar surface area (TPSA) is 157 Å². The normalized spacial score (nSPS) is 23.8. The maximum absolute atomic E-state index is 10.3. The van der Waals surface area contributed by atoms with Crippen molar-refractivity contribution in [3.63, 3.8) is 0 Å². The molecule has 2 aliphatic rings. The number of hydrazone groups is 1. The summed E-state index contributed by atoms with van der Waals surface area (Å²) in [6.45, 7) is -0.276. The van der Waals surface area contributed by atoms with Gasteiger partial charge in [-0.25, -0.2) is 9.97 Å². The second-order valence-electron chi connectivity index (χ2n) is 8.66. The Hall–Kier alpha value is -4.19. The molecule has 11 heteroatoms. The third kappa shape index (κ3) is 3.79. The molecule has 4 aromatic rings. The lowest BCUT2D eigenvalue weighted by Crippen LogP contribution is -2.24. The number of nitrogens with two attached hydrogens (primary N) is 1. The highest BCUT2D eigenvalue weighted by molar-refractivity contribution is 6.09. The Morgan fingerprint density at radius 2 is 1.83 bits per heavy atom. The molecule has 0 saturated carbocycles. The number of hydrogen-bond donors (Lipinski definition) is 4. The third-order valence-electron chi connectivity index (χ3n) is 6.49. The van der Waals surface area contributed by atoms with Gasteiger partial charge in [-0.05, 0) is 35.9 Å². The number of aliphatic hydroxyl groups is 2. The lowest BCUT2D eigenvalue weighted by atomic mass is 9.89. The van der Waals surface area contributed by atoms with E-state index < -0.39 is 18.4 Å². The van der Waals surface area contributed by atoms with Gasteiger partial charge in [0.25, 0.3) is 0 Å². The van der Waals surface area contributed by atoms with Crippen LogP contribution in [-0.2, 0) is 4.74 Å². The Kier molecular flexibility index (Phi) is 5.64. The molecule has 0 aromatic carbocycles. The molecule has 2 aliphatic heterocycles. The zero-order chi connectivity index (χ0) is 24.6. The number of nitrogens with zero attached hydrogens (tertiary/aromatic N) is 6. The predicted molar refractivity (Wildman–Crippen MR) is 132 cm³/mol. The van der Waals surface area contributed by atoms with Gasteiger partial charge in [0.2, 0.25) is 0 Å². The Morgan fingerprint density at radius 1 is 1.06 bits per heavy atom. The van der Waals surface area contributed by atoms with E-state index in [-0.39, 0.29) is 12.5 Å². The summed E-state index contributed by atoms with van der Waals surface area (Å²) in [5.41, 5.74) is 13.8. The van der Waals surface area contributed by atoms with Crippen LogP contribution in [0, 0.1) is 0 Å². The van der Waals surface area contributed by atoms with Crippen molar-refractivity contribution in [2.75, 3.05) is 12.3 Å². The van der Waals surface area contributed by atoms with E-state index in [2.05, 4.69) is 25.4 Å². The first-order valence-corrected chi connectivity index (χ1v) is 11.6. The average molecular weight is 485 g/mol. The van der Waals surface area contributed by atoms with Crippen LogP contribution in [0.5, 0.6) is 0 Å². The Labute approximate surface area is 206 Å². The molecule has 11 nitrogen and oxygen atoms in total. The highest BCUT2D eigenvalue weighted by atomic mass is 16.5. The van der Waals surface area contributed by atoms with Crippen molar-refractivity contribution in [1.29, 1.82) is 0 Å². The van der Waals surface area contributed by atoms with Gasteiger partial charge in [0.1, 0.15) is 30.1 Å². The van der Waals surface area contributed by atoms with Crippen molar-refractivity contribution in [3.8, 4) is 0 Å². The zero-order valence-electron chi connectivity index (χ0n) is 19.1. The van der Waals surface area contributed by atoms with Crippen LogP contribution in [0.3, 0.4) is 0 Å². The Balaban J connectivity index is 1.53. The van der Waals surface area contributed by atoms with E-state index in [1.54, 1.807) is 12.4 Å². The second kappa shape index (κ2) is 9.11. The van der Waals surface area contributed by atoms with Gasteiger partial charge in [-0.2, -0.15) is 5.10 Å². The summed E-state index contributed by atoms with van der Waals surface area (Å²) in [6.07, 6.45) is 7.10. The highest BCUT2D eigenvalue weighted by Gasteiger charge is 2.37. The van der Waals surface area contributed by atoms with Crippen molar-refractivity contribution in [1.82, 2.24) is 29.9 Å². The van der Waals surface area contributed by atoms with Crippen molar-refractivity contribution in [2.45, 2.75) is 30.8 Å². The number of fused-ring (bicyclic) bond motifs is 1. The van der Waals surface area contributed by atoms with Gasteiger partial charge in [0.05, 0.1) is 46.8 Å². The van der Waals surface area contributed by atoms with Crippen LogP contribution in [-0.4, -0.2) is 59.2 Å². The van der Waals surface area contributed by atoms with E-state index in [0.29, 0.717) is 34.7 Å². The number of anilines is 1. The number of aliphatic hydroxyl groups excluding tert-OH is 2. The Morgan fingerprint density at radius 3 is 2.53 bits per heavy atom. The summed E-state index contributed by atoms with van der Waals surface area (Å²) in [5.74, 6) is -0.0483. The molecule has 0 radical (unpaired) electrons. The smallest absolute Gasteiger partial charge is 0.147 e. The van der Waals surface area contributed by atoms with Crippen LogP contribution in [0.1, 0.15) is 35.5 Å². The minimum Gasteiger partial charge on any atom is -0.394 e. The fourth-order valence-corrected chi connectivity index (χ4v) is 4.75. The summed E-state index contributed by atoms with van der Waals surface area (Å²) in [6, 6.07) is 11.3. The molecule has 36 heavy (non-hydrogen) atoms. The van der Waals surface area contributed by atoms with E-state index in [4.69, 9.17) is 15.6 Å². The first kappa shape index (κ1) is 22.3. The van der Waals surface area contributed by atoms with Crippen molar-refractivity contribution < 1.29 is 14.9 Å². The van der Waals surface area contributed by atoms with E-state index in [0.717, 1.165) is 17.0 Å². The number of rotatable bonds is 5. The second-order valence-corrected chi connectivity index (χ2v) is 8.66. The van der Waals surface area contributed by atoms with E-state index >= 15 is 0 Å². The fraction of sp³-hybridized carbons (Fsp3) is 0.240. The third-order valence-corrected chi connectivity index (χ3v) is 6.49. The molecule has 0 aliphatic carbocycles. The van der Waals surface area contributed by atoms with Crippen molar-refractivity contribution >= 4 is 28.3 Å². The number of ether oxygens (including phenoxy) is 1. The minimum absolute atomic E-state index is 0.276. The fourth-order valence-electron chi connectivity index (χ4n) is 4.75. The van der Waals surface area contributed by atoms with Crippen molar-refractivity contribution in [3.05, 3.63) is 84.3 Å². The highest BCUT2D eigenvalue weighted by Crippen LogP contribution is 2.39. The van der Waals surface area contributed by atoms with Crippen LogP contribution >= 0.6 is 0 Å². The van der Waals surface area contributed by atoms with Crippen LogP contribution in [0.15, 0.2) is 72.5 Å². The zero-order valence-corrected chi connectivity index (χ0v) is 19.1. The molecule has 4 atom stereocenters. The molecule has 0 bridgehead atoms. The van der Waals surface area contributed by atoms with Gasteiger partial charge in [-0.15, -0.1) is 0 Å². The first-order valence-electron chi connectivity index (χ1n) is 11.6. The molecular weight excluding hydrogens is 460 g/mol. The van der Waals surface area contributed by atoms with E-state index in [1.165, 1.54) is 6.33 Å². The van der Waals surface area contributed by atoms with Crippen molar-refractivity contribution in [2.24, 2.45) is 5.10 Å². The van der Waals surface area contributed by atoms with Gasteiger partial charge in [-0.1, -0.05) is 12.1 Å². The average Bonchev–Trinajstić information content (AvgIpc) is 3.50. The van der Waals surface area contributed by atoms with E-state index in [1.807, 2.05) is 53.2 Å². The molecule has 5 N–H and O–H groups in total. The molecule has 1 unspecified atom stereocenters. The minimum atomic E-state index is -0.791. The summed E-state index contributed by atoms with van der Waals surface area (Å²) in [4.78, 5) is 17.7. The van der Waals surface area contributed by atoms with Gasteiger partial charge >= 0.3 is 0 Å². The van der Waals surface area contributed by atoms with Crippen LogP contribution in [0.2, 0.25) is 0 Å². The van der Waals surface area contributed by atoms with Gasteiger partial charge in [0.15, 0.2) is 0 Å². The maximum Gasteiger partial charge on any atom is 0.147 e. The largest absolute Gasteiger partial charge is 0.394 e. The van der Waals surface area contributed by atoms with Gasteiger partial charge < -0.3 is 25.3 Å². The molecule has 1 saturated heterocycles. The molecule has 1 fully saturated rings. The molecule has 0 spiro atoms. The monoisotopic (exact) mass is 484 g/mol. The number of nitrogen functional groups attached to an aromatic ring is 1. The molecule has 6 heterocycles. The SMILES string of the molecule is Nc1ncnc2c1c(C1C=C(c3ccccn3)NN=C1c1ccccn1)cn2[C@H]1C[C@@H](O)[C@@H](CO)O1. The lowest BCUT2D eigenvalue weighted by Gasteiger charge is -2.22. The summed E-state index contributed by atoms with van der Waals surface area (Å²) in [5, 5.41) is 25.3. The standard InChI is InChI=1S/C25H24N8O3/c26-24-22-15(11-33(25(22)30-13-29-24)21-10-19(35)20(12-34)36-21)14-9-18(16-5-1-3-7-27-16)31-32-23(14)17-6-2-4-8-28-17/h1-9,11,13-14,19-21,31,34-35H,10,12H2,(H2,26,29,30)/t14?,19-,20-,21-/m1/s1.